The van der Waals surface area contributed by atoms with Crippen LogP contribution in [0.1, 0.15) is 5.56 Å². The molecule has 5 heteroatoms. The van der Waals surface area contributed by atoms with Gasteiger partial charge in [-0.3, -0.25) is 0 Å². The molecule has 0 aliphatic heterocycles. The molecule has 0 aliphatic rings. The molecule has 0 radical (unpaired) electrons. The number of hydrogen-bond donors (Lipinski definition) is 0. The minimum absolute atomic E-state index is 0.343. The van der Waals surface area contributed by atoms with E-state index in [1.54, 1.807) is 6.20 Å². The van der Waals surface area contributed by atoms with Gasteiger partial charge in [-0.25, -0.2) is 4.98 Å². The van der Waals surface area contributed by atoms with Gasteiger partial charge in [-0.05, 0) is 52.4 Å². The predicted molar refractivity (Wildman–Crippen MR) is 98.6 cm³/mol. The summed E-state index contributed by atoms with van der Waals surface area (Å²) in [5.41, 5.74) is 2.18. The van der Waals surface area contributed by atoms with Crippen molar-refractivity contribution in [2.24, 2.45) is 0 Å². The smallest absolute Gasteiger partial charge is 0.143 e. The lowest BCUT2D eigenvalue weighted by molar-refractivity contribution is 0.483. The minimum Gasteiger partial charge on any atom is -0.457 e. The van der Waals surface area contributed by atoms with Gasteiger partial charge in [0, 0.05) is 11.8 Å². The average molecular weight is 433 g/mol. The van der Waals surface area contributed by atoms with Crippen molar-refractivity contribution in [3.05, 3.63) is 75.1 Å². The molecule has 1 heterocycles. The van der Waals surface area contributed by atoms with Crippen LogP contribution >= 0.6 is 34.2 Å². The van der Waals surface area contributed by atoms with Crippen molar-refractivity contribution in [3.63, 3.8) is 0 Å². The van der Waals surface area contributed by atoms with Crippen LogP contribution in [-0.4, -0.2) is 4.98 Å². The van der Waals surface area contributed by atoms with Crippen molar-refractivity contribution < 1.29 is 4.74 Å². The number of pyridine rings is 1. The standard InChI is InChI=1S/C18H10ClIN2O/c19-18-17(20)15(10-21)16(11-22-18)12-6-8-14(9-7-12)23-13-4-2-1-3-5-13/h1-9,11H. The number of para-hydroxylation sites is 1. The van der Waals surface area contributed by atoms with Gasteiger partial charge in [0.05, 0.1) is 9.13 Å². The maximum Gasteiger partial charge on any atom is 0.143 e. The lowest BCUT2D eigenvalue weighted by Gasteiger charge is -2.09. The normalized spacial score (nSPS) is 10.1. The molecule has 23 heavy (non-hydrogen) atoms. The Morgan fingerprint density at radius 1 is 1.00 bits per heavy atom. The van der Waals surface area contributed by atoms with E-state index in [-0.39, 0.29) is 0 Å². The van der Waals surface area contributed by atoms with Gasteiger partial charge in [-0.15, -0.1) is 0 Å². The molecule has 3 nitrogen and oxygen atoms in total. The molecule has 0 aliphatic carbocycles. The highest BCUT2D eigenvalue weighted by atomic mass is 127. The Balaban J connectivity index is 1.92. The summed E-state index contributed by atoms with van der Waals surface area (Å²) in [6.07, 6.45) is 1.62. The topological polar surface area (TPSA) is 45.9 Å². The van der Waals surface area contributed by atoms with Gasteiger partial charge in [0.2, 0.25) is 0 Å². The number of hydrogen-bond acceptors (Lipinski definition) is 3. The van der Waals surface area contributed by atoms with E-state index in [0.29, 0.717) is 14.3 Å². The van der Waals surface area contributed by atoms with Crippen molar-refractivity contribution in [2.75, 3.05) is 0 Å². The summed E-state index contributed by atoms with van der Waals surface area (Å²) < 4.78 is 6.43. The zero-order chi connectivity index (χ0) is 16.2. The third-order valence-corrected chi connectivity index (χ3v) is 4.89. The predicted octanol–water partition coefficient (Wildman–Crippen LogP) is 5.67. The summed E-state index contributed by atoms with van der Waals surface area (Å²) in [4.78, 5) is 4.13. The van der Waals surface area contributed by atoms with E-state index in [4.69, 9.17) is 16.3 Å². The highest BCUT2D eigenvalue weighted by Crippen LogP contribution is 2.31. The van der Waals surface area contributed by atoms with Crippen LogP contribution in [0.3, 0.4) is 0 Å². The second-order valence-electron chi connectivity index (χ2n) is 4.70. The first-order valence-corrected chi connectivity index (χ1v) is 8.22. The van der Waals surface area contributed by atoms with Crippen LogP contribution in [0, 0.1) is 14.9 Å². The number of nitrogens with zero attached hydrogens (tertiary/aromatic N) is 2. The monoisotopic (exact) mass is 432 g/mol. The molecule has 0 atom stereocenters. The lowest BCUT2D eigenvalue weighted by atomic mass is 10.0. The van der Waals surface area contributed by atoms with Gasteiger partial charge < -0.3 is 4.74 Å². The number of nitriles is 1. The third kappa shape index (κ3) is 3.46. The molecule has 112 valence electrons. The van der Waals surface area contributed by atoms with Crippen molar-refractivity contribution in [3.8, 4) is 28.7 Å². The Morgan fingerprint density at radius 3 is 2.30 bits per heavy atom. The van der Waals surface area contributed by atoms with E-state index in [9.17, 15) is 5.26 Å². The Bertz CT molecular complexity index is 874. The van der Waals surface area contributed by atoms with E-state index in [2.05, 4.69) is 11.1 Å². The first-order valence-electron chi connectivity index (χ1n) is 6.76. The first kappa shape index (κ1) is 15.8. The van der Waals surface area contributed by atoms with Gasteiger partial charge in [0.25, 0.3) is 0 Å². The summed E-state index contributed by atoms with van der Waals surface area (Å²) in [5.74, 6) is 1.51. The lowest BCUT2D eigenvalue weighted by Crippen LogP contribution is -1.93. The molecular weight excluding hydrogens is 423 g/mol. The molecule has 0 saturated carbocycles. The van der Waals surface area contributed by atoms with Crippen LogP contribution in [0.5, 0.6) is 11.5 Å². The quantitative estimate of drug-likeness (QED) is 0.396. The zero-order valence-corrected chi connectivity index (χ0v) is 14.7. The summed E-state index contributed by atoms with van der Waals surface area (Å²) in [7, 11) is 0. The molecule has 2 aromatic carbocycles. The fourth-order valence-corrected chi connectivity index (χ4v) is 2.81. The highest BCUT2D eigenvalue weighted by Gasteiger charge is 2.13. The van der Waals surface area contributed by atoms with Crippen molar-refractivity contribution in [1.82, 2.24) is 4.98 Å². The van der Waals surface area contributed by atoms with E-state index in [1.807, 2.05) is 77.2 Å². The van der Waals surface area contributed by atoms with Crippen LogP contribution in [0.2, 0.25) is 5.15 Å². The molecule has 0 unspecified atom stereocenters. The van der Waals surface area contributed by atoms with E-state index in [0.717, 1.165) is 22.6 Å². The Morgan fingerprint density at radius 2 is 1.65 bits per heavy atom. The zero-order valence-electron chi connectivity index (χ0n) is 11.8. The molecule has 3 aromatic rings. The number of ether oxygens (including phenoxy) is 1. The number of aromatic nitrogens is 1. The summed E-state index contributed by atoms with van der Waals surface area (Å²) in [6, 6.07) is 19.3. The fourth-order valence-electron chi connectivity index (χ4n) is 2.12. The summed E-state index contributed by atoms with van der Waals surface area (Å²) in [6.45, 7) is 0. The van der Waals surface area contributed by atoms with Crippen LogP contribution in [0.4, 0.5) is 0 Å². The maximum absolute atomic E-state index is 9.37. The summed E-state index contributed by atoms with van der Waals surface area (Å²) >= 11 is 8.02. The second-order valence-corrected chi connectivity index (χ2v) is 6.14. The second kappa shape index (κ2) is 6.99. The molecule has 1 aromatic heterocycles. The maximum atomic E-state index is 9.37. The minimum atomic E-state index is 0.343. The molecule has 0 saturated heterocycles. The summed E-state index contributed by atoms with van der Waals surface area (Å²) in [5, 5.41) is 9.71. The number of rotatable bonds is 3. The van der Waals surface area contributed by atoms with Crippen LogP contribution in [-0.2, 0) is 0 Å². The van der Waals surface area contributed by atoms with Gasteiger partial charge in [0.15, 0.2) is 0 Å². The van der Waals surface area contributed by atoms with Gasteiger partial charge >= 0.3 is 0 Å². The SMILES string of the molecule is N#Cc1c(-c2ccc(Oc3ccccc3)cc2)cnc(Cl)c1I. The molecule has 0 spiro atoms. The van der Waals surface area contributed by atoms with Crippen LogP contribution in [0.25, 0.3) is 11.1 Å². The first-order chi connectivity index (χ1) is 11.2. The molecular formula is C18H10ClIN2O. The largest absolute Gasteiger partial charge is 0.457 e. The van der Waals surface area contributed by atoms with E-state index >= 15 is 0 Å². The van der Waals surface area contributed by atoms with Gasteiger partial charge in [-0.2, -0.15) is 5.26 Å². The van der Waals surface area contributed by atoms with Crippen molar-refractivity contribution >= 4 is 34.2 Å². The van der Waals surface area contributed by atoms with Gasteiger partial charge in [-0.1, -0.05) is 41.9 Å². The highest BCUT2D eigenvalue weighted by molar-refractivity contribution is 14.1. The van der Waals surface area contributed by atoms with Crippen LogP contribution < -0.4 is 4.74 Å². The Kier molecular flexibility index (Phi) is 4.79. The molecule has 0 bridgehead atoms. The van der Waals surface area contributed by atoms with E-state index < -0.39 is 0 Å². The van der Waals surface area contributed by atoms with Gasteiger partial charge in [0.1, 0.15) is 22.7 Å². The Hall–Kier alpha value is -2.10. The van der Waals surface area contributed by atoms with Crippen molar-refractivity contribution in [1.29, 1.82) is 5.26 Å². The number of benzene rings is 2. The Labute approximate surface area is 152 Å². The average Bonchev–Trinajstić information content (AvgIpc) is 2.59. The van der Waals surface area contributed by atoms with Crippen LogP contribution in [0.15, 0.2) is 60.8 Å². The molecule has 0 fully saturated rings. The molecule has 0 amide bonds. The third-order valence-electron chi connectivity index (χ3n) is 3.23. The van der Waals surface area contributed by atoms with E-state index in [1.165, 1.54) is 0 Å². The fraction of sp³-hybridized carbons (Fsp3) is 0. The van der Waals surface area contributed by atoms with Crippen molar-refractivity contribution in [2.45, 2.75) is 0 Å². The molecule has 3 rings (SSSR count). The number of halogens is 2. The molecule has 0 N–H and O–H groups in total.